The van der Waals surface area contributed by atoms with E-state index in [-0.39, 0.29) is 24.8 Å². The van der Waals surface area contributed by atoms with Crippen LogP contribution in [0.4, 0.5) is 10.6 Å². The van der Waals surface area contributed by atoms with Gasteiger partial charge in [-0.25, -0.2) is 4.79 Å². The highest BCUT2D eigenvalue weighted by Gasteiger charge is 2.39. The molecule has 0 radical (unpaired) electrons. The van der Waals surface area contributed by atoms with E-state index in [0.717, 1.165) is 17.8 Å². The number of morpholine rings is 1. The van der Waals surface area contributed by atoms with Crippen LogP contribution in [0.3, 0.4) is 0 Å². The molecule has 0 spiro atoms. The van der Waals surface area contributed by atoms with E-state index in [1.807, 2.05) is 36.4 Å². The lowest BCUT2D eigenvalue weighted by Gasteiger charge is -2.46. The highest BCUT2D eigenvalue weighted by atomic mass is 35.5. The number of carbonyl (C=O) groups excluding carboxylic acids is 1. The maximum Gasteiger partial charge on any atom is 0.410 e. The van der Waals surface area contributed by atoms with E-state index < -0.39 is 0 Å². The second-order valence-electron chi connectivity index (χ2n) is 6.66. The number of aromatic nitrogens is 2. The van der Waals surface area contributed by atoms with Crippen molar-refractivity contribution in [2.24, 2.45) is 0 Å². The number of ether oxygens (including phenoxy) is 2. The first-order chi connectivity index (χ1) is 13.2. The van der Waals surface area contributed by atoms with Crippen molar-refractivity contribution < 1.29 is 14.3 Å². The molecule has 2 aliphatic rings. The number of benzene rings is 1. The Morgan fingerprint density at radius 3 is 2.81 bits per heavy atom. The Morgan fingerprint density at radius 1 is 1.19 bits per heavy atom. The van der Waals surface area contributed by atoms with Crippen molar-refractivity contribution in [3.63, 3.8) is 0 Å². The molecule has 2 atom stereocenters. The molecule has 1 aromatic heterocycles. The molecule has 8 heteroatoms. The number of fused-ring (bicyclic) bond motifs is 1. The highest BCUT2D eigenvalue weighted by molar-refractivity contribution is 6.29. The standard InChI is InChI=1S/C19H21ClN4O3/c20-17-6-7-18(22-21-17)24-10-11-26-16-8-9-23(12-15(16)24)19(25)27-13-14-4-2-1-3-5-14/h1-7,15-16H,8-13H2/t15-,16+/m1/s1. The third-order valence-corrected chi connectivity index (χ3v) is 5.16. The summed E-state index contributed by atoms with van der Waals surface area (Å²) in [5.41, 5.74) is 0.972. The van der Waals surface area contributed by atoms with E-state index >= 15 is 0 Å². The minimum Gasteiger partial charge on any atom is -0.445 e. The summed E-state index contributed by atoms with van der Waals surface area (Å²) in [6.45, 7) is 2.75. The van der Waals surface area contributed by atoms with Crippen LogP contribution in [0.5, 0.6) is 0 Å². The maximum atomic E-state index is 12.5. The summed E-state index contributed by atoms with van der Waals surface area (Å²) in [5.74, 6) is 0.747. The van der Waals surface area contributed by atoms with Crippen molar-refractivity contribution in [3.05, 3.63) is 53.2 Å². The second-order valence-corrected chi connectivity index (χ2v) is 7.05. The summed E-state index contributed by atoms with van der Waals surface area (Å²) in [5, 5.41) is 8.49. The summed E-state index contributed by atoms with van der Waals surface area (Å²) >= 11 is 5.85. The number of piperidine rings is 1. The van der Waals surface area contributed by atoms with Crippen LogP contribution in [-0.2, 0) is 16.1 Å². The molecule has 0 N–H and O–H groups in total. The van der Waals surface area contributed by atoms with Gasteiger partial charge >= 0.3 is 6.09 Å². The van der Waals surface area contributed by atoms with Crippen molar-refractivity contribution >= 4 is 23.5 Å². The van der Waals surface area contributed by atoms with Crippen LogP contribution in [0, 0.1) is 0 Å². The first-order valence-corrected chi connectivity index (χ1v) is 9.41. The number of likely N-dealkylation sites (tertiary alicyclic amines) is 1. The normalized spacial score (nSPS) is 22.3. The second kappa shape index (κ2) is 8.10. The summed E-state index contributed by atoms with van der Waals surface area (Å²) < 4.78 is 11.4. The molecule has 142 valence electrons. The first kappa shape index (κ1) is 18.0. The van der Waals surface area contributed by atoms with E-state index in [1.54, 1.807) is 11.0 Å². The lowest BCUT2D eigenvalue weighted by atomic mass is 9.99. The number of hydrogen-bond donors (Lipinski definition) is 0. The van der Waals surface area contributed by atoms with Crippen LogP contribution >= 0.6 is 11.6 Å². The SMILES string of the molecule is O=C(OCc1ccccc1)N1CC[C@@H]2OCCN(c3ccc(Cl)nn3)[C@@H]2C1. The molecular formula is C19H21ClN4O3. The first-order valence-electron chi connectivity index (χ1n) is 9.04. The van der Waals surface area contributed by atoms with Crippen LogP contribution in [0.15, 0.2) is 42.5 Å². The van der Waals surface area contributed by atoms with Crippen LogP contribution < -0.4 is 4.90 Å². The van der Waals surface area contributed by atoms with Gasteiger partial charge in [0, 0.05) is 19.6 Å². The van der Waals surface area contributed by atoms with Gasteiger partial charge in [-0.2, -0.15) is 0 Å². The monoisotopic (exact) mass is 388 g/mol. The number of hydrogen-bond acceptors (Lipinski definition) is 6. The van der Waals surface area contributed by atoms with E-state index in [1.165, 1.54) is 0 Å². The van der Waals surface area contributed by atoms with Gasteiger partial charge in [-0.1, -0.05) is 41.9 Å². The zero-order chi connectivity index (χ0) is 18.6. The van der Waals surface area contributed by atoms with Crippen molar-refractivity contribution in [2.75, 3.05) is 31.1 Å². The summed E-state index contributed by atoms with van der Waals surface area (Å²) in [6.07, 6.45) is 0.530. The molecule has 3 heterocycles. The van der Waals surface area contributed by atoms with Crippen molar-refractivity contribution in [2.45, 2.75) is 25.2 Å². The highest BCUT2D eigenvalue weighted by Crippen LogP contribution is 2.27. The molecule has 2 fully saturated rings. The molecule has 7 nitrogen and oxygen atoms in total. The van der Waals surface area contributed by atoms with Gasteiger partial charge in [-0.05, 0) is 24.1 Å². The number of carbonyl (C=O) groups is 1. The smallest absolute Gasteiger partial charge is 0.410 e. The maximum absolute atomic E-state index is 12.5. The Kier molecular flexibility index (Phi) is 5.40. The van der Waals surface area contributed by atoms with Gasteiger partial charge in [0.05, 0.1) is 18.8 Å². The Balaban J connectivity index is 1.42. The summed E-state index contributed by atoms with van der Waals surface area (Å²) in [4.78, 5) is 16.4. The fraction of sp³-hybridized carbons (Fsp3) is 0.421. The average molecular weight is 389 g/mol. The van der Waals surface area contributed by atoms with Crippen molar-refractivity contribution in [1.82, 2.24) is 15.1 Å². The Bertz CT molecular complexity index is 774. The predicted molar refractivity (Wildman–Crippen MR) is 101 cm³/mol. The number of rotatable bonds is 3. The van der Waals surface area contributed by atoms with Crippen LogP contribution in [0.2, 0.25) is 5.15 Å². The summed E-state index contributed by atoms with van der Waals surface area (Å²) in [6, 6.07) is 13.3. The van der Waals surface area contributed by atoms with Gasteiger partial charge < -0.3 is 19.3 Å². The molecule has 1 aromatic carbocycles. The molecule has 2 aliphatic heterocycles. The van der Waals surface area contributed by atoms with Gasteiger partial charge in [0.1, 0.15) is 6.61 Å². The Morgan fingerprint density at radius 2 is 2.04 bits per heavy atom. The number of amides is 1. The molecule has 0 bridgehead atoms. The lowest BCUT2D eigenvalue weighted by molar-refractivity contribution is -0.0288. The van der Waals surface area contributed by atoms with Gasteiger partial charge in [-0.15, -0.1) is 10.2 Å². The fourth-order valence-corrected chi connectivity index (χ4v) is 3.70. The number of halogens is 1. The zero-order valence-corrected chi connectivity index (χ0v) is 15.6. The molecule has 0 unspecified atom stereocenters. The predicted octanol–water partition coefficient (Wildman–Crippen LogP) is 2.75. The third kappa shape index (κ3) is 4.14. The van der Waals surface area contributed by atoms with Crippen molar-refractivity contribution in [1.29, 1.82) is 0 Å². The third-order valence-electron chi connectivity index (χ3n) is 4.96. The largest absolute Gasteiger partial charge is 0.445 e. The van der Waals surface area contributed by atoms with Crippen LogP contribution in [-0.4, -0.2) is 59.6 Å². The van der Waals surface area contributed by atoms with E-state index in [4.69, 9.17) is 21.1 Å². The molecule has 0 aliphatic carbocycles. The van der Waals surface area contributed by atoms with Gasteiger partial charge in [0.15, 0.2) is 11.0 Å². The minimum atomic E-state index is -0.301. The Hall–Kier alpha value is -2.38. The van der Waals surface area contributed by atoms with Crippen molar-refractivity contribution in [3.8, 4) is 0 Å². The van der Waals surface area contributed by atoms with Gasteiger partial charge in [0.25, 0.3) is 0 Å². The molecule has 1 amide bonds. The van der Waals surface area contributed by atoms with E-state index in [9.17, 15) is 4.79 Å². The minimum absolute atomic E-state index is 0.0206. The van der Waals surface area contributed by atoms with Gasteiger partial charge in [0.2, 0.25) is 0 Å². The molecule has 0 saturated carbocycles. The zero-order valence-electron chi connectivity index (χ0n) is 14.8. The quantitative estimate of drug-likeness (QED) is 0.805. The molecule has 2 aromatic rings. The molecular weight excluding hydrogens is 368 g/mol. The van der Waals surface area contributed by atoms with Gasteiger partial charge in [-0.3, -0.25) is 0 Å². The number of anilines is 1. The van der Waals surface area contributed by atoms with E-state index in [2.05, 4.69) is 15.1 Å². The average Bonchev–Trinajstić information content (AvgIpc) is 2.72. The lowest BCUT2D eigenvalue weighted by Crippen LogP contribution is -2.61. The molecule has 2 saturated heterocycles. The summed E-state index contributed by atoms with van der Waals surface area (Å²) in [7, 11) is 0. The van der Waals surface area contributed by atoms with Crippen LogP contribution in [0.25, 0.3) is 0 Å². The van der Waals surface area contributed by atoms with Crippen LogP contribution in [0.1, 0.15) is 12.0 Å². The number of nitrogens with zero attached hydrogens (tertiary/aromatic N) is 4. The molecule has 27 heavy (non-hydrogen) atoms. The fourth-order valence-electron chi connectivity index (χ4n) is 3.60. The molecule has 4 rings (SSSR count). The van der Waals surface area contributed by atoms with E-state index in [0.29, 0.717) is 31.4 Å². The Labute approximate surface area is 162 Å². The topological polar surface area (TPSA) is 67.8 Å².